The lowest BCUT2D eigenvalue weighted by molar-refractivity contribution is 0.0697. The molecule has 0 aliphatic carbocycles. The molecule has 0 bridgehead atoms. The molecule has 2 nitrogen and oxygen atoms in total. The second-order valence-electron chi connectivity index (χ2n) is 5.11. The minimum absolute atomic E-state index is 0.152. The van der Waals surface area contributed by atoms with Gasteiger partial charge in [0.15, 0.2) is 0 Å². The number of carboxylic acids is 1. The van der Waals surface area contributed by atoms with Gasteiger partial charge in [0.2, 0.25) is 0 Å². The van der Waals surface area contributed by atoms with Crippen LogP contribution in [0.15, 0.2) is 35.2 Å². The first-order valence-corrected chi connectivity index (χ1v) is 7.97. The summed E-state index contributed by atoms with van der Waals surface area (Å²) in [6, 6.07) is 9.48. The third-order valence-electron chi connectivity index (χ3n) is 3.39. The number of halogens is 1. The Bertz CT molecular complexity index is 672. The van der Waals surface area contributed by atoms with Crippen LogP contribution in [0.5, 0.6) is 0 Å². The van der Waals surface area contributed by atoms with Crippen molar-refractivity contribution in [3.05, 3.63) is 63.2 Å². The molecule has 0 saturated heterocycles. The summed E-state index contributed by atoms with van der Waals surface area (Å²) in [6.45, 7) is 6.32. The molecule has 2 rings (SSSR count). The zero-order valence-electron chi connectivity index (χ0n) is 12.2. The predicted octanol–water partition coefficient (Wildman–Crippen LogP) is 5.26. The van der Waals surface area contributed by atoms with Gasteiger partial charge < -0.3 is 5.11 Å². The first-order valence-electron chi connectivity index (χ1n) is 6.61. The molecule has 21 heavy (non-hydrogen) atoms. The van der Waals surface area contributed by atoms with E-state index in [1.165, 1.54) is 22.3 Å². The first kappa shape index (κ1) is 15.9. The van der Waals surface area contributed by atoms with Gasteiger partial charge in [0.1, 0.15) is 0 Å². The van der Waals surface area contributed by atoms with Gasteiger partial charge in [-0.15, -0.1) is 11.8 Å². The molecule has 0 saturated carbocycles. The summed E-state index contributed by atoms with van der Waals surface area (Å²) in [4.78, 5) is 12.0. The van der Waals surface area contributed by atoms with Crippen molar-refractivity contribution in [1.29, 1.82) is 0 Å². The number of hydrogen-bond acceptors (Lipinski definition) is 2. The Labute approximate surface area is 134 Å². The highest BCUT2D eigenvalue weighted by atomic mass is 35.5. The van der Waals surface area contributed by atoms with Crippen LogP contribution in [0.25, 0.3) is 0 Å². The van der Waals surface area contributed by atoms with E-state index in [-0.39, 0.29) is 10.6 Å². The molecule has 0 radical (unpaired) electrons. The van der Waals surface area contributed by atoms with E-state index in [1.54, 1.807) is 23.9 Å². The maximum atomic E-state index is 11.1. The molecule has 0 unspecified atom stereocenters. The first-order chi connectivity index (χ1) is 9.88. The van der Waals surface area contributed by atoms with E-state index in [9.17, 15) is 4.79 Å². The van der Waals surface area contributed by atoms with Gasteiger partial charge in [-0.05, 0) is 55.7 Å². The SMILES string of the molecule is Cc1cc(C)c(CSc2ccc(Cl)c(C(=O)O)c2)c(C)c1. The zero-order chi connectivity index (χ0) is 15.6. The fraction of sp³-hybridized carbons (Fsp3) is 0.235. The number of aryl methyl sites for hydroxylation is 3. The van der Waals surface area contributed by atoms with E-state index >= 15 is 0 Å². The summed E-state index contributed by atoms with van der Waals surface area (Å²) < 4.78 is 0. The van der Waals surface area contributed by atoms with Gasteiger partial charge in [-0.2, -0.15) is 0 Å². The lowest BCUT2D eigenvalue weighted by atomic mass is 10.0. The summed E-state index contributed by atoms with van der Waals surface area (Å²) in [6.07, 6.45) is 0. The van der Waals surface area contributed by atoms with Crippen LogP contribution in [0.1, 0.15) is 32.6 Å². The molecule has 0 amide bonds. The van der Waals surface area contributed by atoms with Crippen LogP contribution in [0.2, 0.25) is 5.02 Å². The summed E-state index contributed by atoms with van der Waals surface area (Å²) in [5.41, 5.74) is 5.26. The molecule has 0 heterocycles. The molecular weight excluding hydrogens is 304 g/mol. The number of aromatic carboxylic acids is 1. The second-order valence-corrected chi connectivity index (χ2v) is 6.57. The Morgan fingerprint density at radius 2 is 1.76 bits per heavy atom. The van der Waals surface area contributed by atoms with Crippen LogP contribution >= 0.6 is 23.4 Å². The van der Waals surface area contributed by atoms with Crippen molar-refractivity contribution in [3.8, 4) is 0 Å². The van der Waals surface area contributed by atoms with Gasteiger partial charge in [0, 0.05) is 10.6 Å². The van der Waals surface area contributed by atoms with Crippen molar-refractivity contribution in [3.63, 3.8) is 0 Å². The molecule has 0 fully saturated rings. The van der Waals surface area contributed by atoms with E-state index < -0.39 is 5.97 Å². The highest BCUT2D eigenvalue weighted by Crippen LogP contribution is 2.29. The van der Waals surface area contributed by atoms with Crippen LogP contribution in [-0.2, 0) is 5.75 Å². The van der Waals surface area contributed by atoms with Crippen LogP contribution in [0, 0.1) is 20.8 Å². The fourth-order valence-electron chi connectivity index (χ4n) is 2.35. The van der Waals surface area contributed by atoms with Gasteiger partial charge in [-0.3, -0.25) is 0 Å². The van der Waals surface area contributed by atoms with E-state index in [0.717, 1.165) is 10.6 Å². The van der Waals surface area contributed by atoms with E-state index in [2.05, 4.69) is 32.9 Å². The average Bonchev–Trinajstić information content (AvgIpc) is 2.38. The van der Waals surface area contributed by atoms with E-state index in [4.69, 9.17) is 16.7 Å². The van der Waals surface area contributed by atoms with Crippen LogP contribution < -0.4 is 0 Å². The minimum atomic E-state index is -0.995. The maximum absolute atomic E-state index is 11.1. The van der Waals surface area contributed by atoms with E-state index in [0.29, 0.717) is 0 Å². The normalized spacial score (nSPS) is 10.7. The van der Waals surface area contributed by atoms with Crippen LogP contribution in [0.3, 0.4) is 0 Å². The monoisotopic (exact) mass is 320 g/mol. The number of thioether (sulfide) groups is 1. The Morgan fingerprint density at radius 3 is 2.33 bits per heavy atom. The van der Waals surface area contributed by atoms with E-state index in [1.807, 2.05) is 6.07 Å². The summed E-state index contributed by atoms with van der Waals surface area (Å²) in [5, 5.41) is 9.37. The summed E-state index contributed by atoms with van der Waals surface area (Å²) >= 11 is 7.51. The third kappa shape index (κ3) is 3.80. The molecule has 0 spiro atoms. The highest BCUT2D eigenvalue weighted by Gasteiger charge is 2.10. The molecule has 0 aliphatic rings. The van der Waals surface area contributed by atoms with Gasteiger partial charge in [0.25, 0.3) is 0 Å². The molecule has 0 atom stereocenters. The number of carbonyl (C=O) groups is 1. The molecule has 2 aromatic rings. The molecule has 0 aromatic heterocycles. The van der Waals surface area contributed by atoms with Gasteiger partial charge >= 0.3 is 5.97 Å². The molecule has 4 heteroatoms. The molecule has 2 aromatic carbocycles. The molecular formula is C17H17ClO2S. The van der Waals surface area contributed by atoms with Crippen molar-refractivity contribution in [2.24, 2.45) is 0 Å². The Kier molecular flexibility index (Phi) is 4.96. The third-order valence-corrected chi connectivity index (χ3v) is 4.74. The van der Waals surface area contributed by atoms with Crippen LogP contribution in [0.4, 0.5) is 0 Å². The number of rotatable bonds is 4. The van der Waals surface area contributed by atoms with Crippen LogP contribution in [-0.4, -0.2) is 11.1 Å². The Balaban J connectivity index is 2.21. The fourth-order valence-corrected chi connectivity index (χ4v) is 3.68. The molecule has 1 N–H and O–H groups in total. The minimum Gasteiger partial charge on any atom is -0.478 e. The van der Waals surface area contributed by atoms with Gasteiger partial charge in [-0.1, -0.05) is 29.3 Å². The van der Waals surface area contributed by atoms with Crippen molar-refractivity contribution >= 4 is 29.3 Å². The smallest absolute Gasteiger partial charge is 0.337 e. The average molecular weight is 321 g/mol. The van der Waals surface area contributed by atoms with Crippen molar-refractivity contribution in [1.82, 2.24) is 0 Å². The van der Waals surface area contributed by atoms with Crippen molar-refractivity contribution < 1.29 is 9.90 Å². The Hall–Kier alpha value is -1.45. The maximum Gasteiger partial charge on any atom is 0.337 e. The topological polar surface area (TPSA) is 37.3 Å². The van der Waals surface area contributed by atoms with Crippen molar-refractivity contribution in [2.75, 3.05) is 0 Å². The van der Waals surface area contributed by atoms with Crippen molar-refractivity contribution in [2.45, 2.75) is 31.4 Å². The lowest BCUT2D eigenvalue weighted by Crippen LogP contribution is -1.98. The largest absolute Gasteiger partial charge is 0.478 e. The quantitative estimate of drug-likeness (QED) is 0.781. The summed E-state index contributed by atoms with van der Waals surface area (Å²) in [7, 11) is 0. The highest BCUT2D eigenvalue weighted by molar-refractivity contribution is 7.98. The Morgan fingerprint density at radius 1 is 1.14 bits per heavy atom. The van der Waals surface area contributed by atoms with Gasteiger partial charge in [0.05, 0.1) is 10.6 Å². The van der Waals surface area contributed by atoms with Gasteiger partial charge in [-0.25, -0.2) is 4.79 Å². The molecule has 110 valence electrons. The summed E-state index contributed by atoms with van der Waals surface area (Å²) in [5.74, 6) is -0.177. The number of hydrogen-bond donors (Lipinski definition) is 1. The standard InChI is InChI=1S/C17H17ClO2S/c1-10-6-11(2)15(12(3)7-10)9-21-13-4-5-16(18)14(8-13)17(19)20/h4-8H,9H2,1-3H3,(H,19,20). The second kappa shape index (κ2) is 6.54. The number of benzene rings is 2. The number of carboxylic acid groups (broad SMARTS) is 1. The lowest BCUT2D eigenvalue weighted by Gasteiger charge is -2.11. The molecule has 0 aliphatic heterocycles. The zero-order valence-corrected chi connectivity index (χ0v) is 13.8. The predicted molar refractivity (Wildman–Crippen MR) is 88.6 cm³/mol.